The van der Waals surface area contributed by atoms with E-state index >= 15 is 0 Å². The third kappa shape index (κ3) is 5.36. The Labute approximate surface area is 137 Å². The summed E-state index contributed by atoms with van der Waals surface area (Å²) in [6, 6.07) is 7.85. The van der Waals surface area contributed by atoms with Gasteiger partial charge in [0.2, 0.25) is 5.91 Å². The zero-order valence-electron chi connectivity index (χ0n) is 13.8. The lowest BCUT2D eigenvalue weighted by atomic mass is 10.1. The summed E-state index contributed by atoms with van der Waals surface area (Å²) in [4.78, 5) is 22.5. The number of anilines is 1. The Morgan fingerprint density at radius 1 is 1.09 bits per heavy atom. The molecule has 0 bridgehead atoms. The van der Waals surface area contributed by atoms with E-state index in [0.717, 1.165) is 36.5 Å². The number of hydrogen-bond acceptors (Lipinski definition) is 4. The molecule has 1 N–H and O–H groups in total. The Balaban J connectivity index is 1.83. The van der Waals surface area contributed by atoms with Crippen molar-refractivity contribution in [2.24, 2.45) is 0 Å². The molecule has 2 heterocycles. The average molecular weight is 312 g/mol. The highest BCUT2D eigenvalue weighted by Gasteiger charge is 2.06. The van der Waals surface area contributed by atoms with Gasteiger partial charge in [0.05, 0.1) is 0 Å². The molecular formula is C18H24N4O. The predicted octanol–water partition coefficient (Wildman–Crippen LogP) is 2.57. The minimum atomic E-state index is 0.0583. The normalized spacial score (nSPS) is 10.3. The summed E-state index contributed by atoms with van der Waals surface area (Å²) in [5, 5.41) is 2.94. The number of carbonyl (C=O) groups is 1. The SMILES string of the molecule is CCN(CC)c1cc(CCC(=O)NCc2ccncc2)ccn1. The topological polar surface area (TPSA) is 58.1 Å². The van der Waals surface area contributed by atoms with E-state index in [2.05, 4.69) is 40.1 Å². The number of aryl methyl sites for hydroxylation is 1. The Kier molecular flexibility index (Phi) is 6.54. The van der Waals surface area contributed by atoms with E-state index in [4.69, 9.17) is 0 Å². The quantitative estimate of drug-likeness (QED) is 0.814. The van der Waals surface area contributed by atoms with Crippen molar-refractivity contribution in [2.75, 3.05) is 18.0 Å². The second kappa shape index (κ2) is 8.88. The summed E-state index contributed by atoms with van der Waals surface area (Å²) in [6.07, 6.45) is 6.48. The first kappa shape index (κ1) is 16.9. The lowest BCUT2D eigenvalue weighted by molar-refractivity contribution is -0.121. The van der Waals surface area contributed by atoms with Crippen LogP contribution in [0.5, 0.6) is 0 Å². The predicted molar refractivity (Wildman–Crippen MR) is 92.2 cm³/mol. The number of nitrogens with zero attached hydrogens (tertiary/aromatic N) is 3. The van der Waals surface area contributed by atoms with Crippen LogP contribution in [-0.2, 0) is 17.8 Å². The number of hydrogen-bond donors (Lipinski definition) is 1. The standard InChI is InChI=1S/C18H24N4O/c1-3-22(4-2)17-13-15(9-12-20-17)5-6-18(23)21-14-16-7-10-19-11-8-16/h7-13H,3-6,14H2,1-2H3,(H,21,23). The van der Waals surface area contributed by atoms with Gasteiger partial charge in [-0.3, -0.25) is 9.78 Å². The number of rotatable bonds is 8. The zero-order valence-corrected chi connectivity index (χ0v) is 13.8. The van der Waals surface area contributed by atoms with Gasteiger partial charge >= 0.3 is 0 Å². The van der Waals surface area contributed by atoms with E-state index in [1.54, 1.807) is 12.4 Å². The Morgan fingerprint density at radius 3 is 2.48 bits per heavy atom. The van der Waals surface area contributed by atoms with Crippen molar-refractivity contribution in [3.05, 3.63) is 54.0 Å². The summed E-state index contributed by atoms with van der Waals surface area (Å²) < 4.78 is 0. The van der Waals surface area contributed by atoms with Gasteiger partial charge in [-0.1, -0.05) is 0 Å². The number of nitrogens with one attached hydrogen (secondary N) is 1. The molecule has 5 heteroatoms. The molecule has 2 aromatic rings. The minimum absolute atomic E-state index is 0.0583. The van der Waals surface area contributed by atoms with E-state index in [0.29, 0.717) is 13.0 Å². The van der Waals surface area contributed by atoms with Gasteiger partial charge in [-0.25, -0.2) is 4.98 Å². The van der Waals surface area contributed by atoms with E-state index in [1.807, 2.05) is 24.4 Å². The first-order chi connectivity index (χ1) is 11.2. The Morgan fingerprint density at radius 2 is 1.78 bits per heavy atom. The molecular weight excluding hydrogens is 288 g/mol. The van der Waals surface area contributed by atoms with Crippen LogP contribution in [-0.4, -0.2) is 29.0 Å². The third-order valence-corrected chi connectivity index (χ3v) is 3.78. The monoisotopic (exact) mass is 312 g/mol. The molecule has 0 radical (unpaired) electrons. The Hall–Kier alpha value is -2.43. The van der Waals surface area contributed by atoms with E-state index < -0.39 is 0 Å². The highest BCUT2D eigenvalue weighted by molar-refractivity contribution is 5.76. The van der Waals surface area contributed by atoms with Crippen LogP contribution in [0, 0.1) is 0 Å². The molecule has 0 aliphatic carbocycles. The van der Waals surface area contributed by atoms with Crippen molar-refractivity contribution in [2.45, 2.75) is 33.2 Å². The van der Waals surface area contributed by atoms with Gasteiger partial charge in [0, 0.05) is 44.6 Å². The van der Waals surface area contributed by atoms with Crippen LogP contribution in [0.1, 0.15) is 31.4 Å². The smallest absolute Gasteiger partial charge is 0.220 e. The van der Waals surface area contributed by atoms with Crippen molar-refractivity contribution in [3.8, 4) is 0 Å². The fraction of sp³-hybridized carbons (Fsp3) is 0.389. The van der Waals surface area contributed by atoms with Crippen LogP contribution in [0.25, 0.3) is 0 Å². The highest BCUT2D eigenvalue weighted by Crippen LogP contribution is 2.13. The maximum Gasteiger partial charge on any atom is 0.220 e. The first-order valence-electron chi connectivity index (χ1n) is 8.08. The van der Waals surface area contributed by atoms with Crippen molar-refractivity contribution in [1.82, 2.24) is 15.3 Å². The summed E-state index contributed by atoms with van der Waals surface area (Å²) in [7, 11) is 0. The van der Waals surface area contributed by atoms with E-state index in [-0.39, 0.29) is 5.91 Å². The largest absolute Gasteiger partial charge is 0.357 e. The molecule has 23 heavy (non-hydrogen) atoms. The first-order valence-corrected chi connectivity index (χ1v) is 8.08. The van der Waals surface area contributed by atoms with Crippen LogP contribution < -0.4 is 10.2 Å². The zero-order chi connectivity index (χ0) is 16.5. The maximum atomic E-state index is 12.0. The molecule has 0 aliphatic rings. The molecule has 0 saturated heterocycles. The van der Waals surface area contributed by atoms with Gasteiger partial charge < -0.3 is 10.2 Å². The molecule has 0 atom stereocenters. The summed E-state index contributed by atoms with van der Waals surface area (Å²) >= 11 is 0. The lowest BCUT2D eigenvalue weighted by Crippen LogP contribution is -2.24. The molecule has 0 spiro atoms. The van der Waals surface area contributed by atoms with Crippen LogP contribution in [0.15, 0.2) is 42.9 Å². The van der Waals surface area contributed by atoms with Gasteiger partial charge in [-0.15, -0.1) is 0 Å². The summed E-state index contributed by atoms with van der Waals surface area (Å²) in [6.45, 7) is 6.63. The summed E-state index contributed by atoms with van der Waals surface area (Å²) in [5.74, 6) is 1.03. The molecule has 0 unspecified atom stereocenters. The second-order valence-corrected chi connectivity index (χ2v) is 5.33. The van der Waals surface area contributed by atoms with Crippen molar-refractivity contribution in [1.29, 1.82) is 0 Å². The minimum Gasteiger partial charge on any atom is -0.357 e. The molecule has 0 aromatic carbocycles. The fourth-order valence-corrected chi connectivity index (χ4v) is 2.38. The number of pyridine rings is 2. The molecule has 0 fully saturated rings. The fourth-order valence-electron chi connectivity index (χ4n) is 2.38. The number of carbonyl (C=O) groups excluding carboxylic acids is 1. The van der Waals surface area contributed by atoms with Gasteiger partial charge in [-0.05, 0) is 55.7 Å². The maximum absolute atomic E-state index is 12.0. The van der Waals surface area contributed by atoms with Gasteiger partial charge in [0.25, 0.3) is 0 Å². The van der Waals surface area contributed by atoms with Crippen molar-refractivity contribution < 1.29 is 4.79 Å². The number of amides is 1. The van der Waals surface area contributed by atoms with E-state index in [1.165, 1.54) is 0 Å². The molecule has 1 amide bonds. The molecule has 0 aliphatic heterocycles. The van der Waals surface area contributed by atoms with Gasteiger partial charge in [0.1, 0.15) is 5.82 Å². The lowest BCUT2D eigenvalue weighted by Gasteiger charge is -2.20. The average Bonchev–Trinajstić information content (AvgIpc) is 2.60. The van der Waals surface area contributed by atoms with Crippen molar-refractivity contribution >= 4 is 11.7 Å². The molecule has 0 saturated carbocycles. The van der Waals surface area contributed by atoms with Crippen LogP contribution in [0.2, 0.25) is 0 Å². The molecule has 122 valence electrons. The summed E-state index contributed by atoms with van der Waals surface area (Å²) in [5.41, 5.74) is 2.20. The molecule has 2 rings (SSSR count). The molecule has 5 nitrogen and oxygen atoms in total. The third-order valence-electron chi connectivity index (χ3n) is 3.78. The molecule has 2 aromatic heterocycles. The van der Waals surface area contributed by atoms with Crippen molar-refractivity contribution in [3.63, 3.8) is 0 Å². The number of aromatic nitrogens is 2. The van der Waals surface area contributed by atoms with Crippen LogP contribution in [0.4, 0.5) is 5.82 Å². The Bertz CT molecular complexity index is 611. The van der Waals surface area contributed by atoms with Crippen LogP contribution in [0.3, 0.4) is 0 Å². The van der Waals surface area contributed by atoms with Gasteiger partial charge in [0.15, 0.2) is 0 Å². The van der Waals surface area contributed by atoms with Gasteiger partial charge in [-0.2, -0.15) is 0 Å². The highest BCUT2D eigenvalue weighted by atomic mass is 16.1. The van der Waals surface area contributed by atoms with Crippen LogP contribution >= 0.6 is 0 Å². The van der Waals surface area contributed by atoms with E-state index in [9.17, 15) is 4.79 Å². The second-order valence-electron chi connectivity index (χ2n) is 5.33.